The normalized spacial score (nSPS) is 20.9. The molecule has 2 aliphatic heterocycles. The maximum absolute atomic E-state index is 15.3. The van der Waals surface area contributed by atoms with E-state index in [1.165, 1.54) is 5.06 Å². The molecule has 5 rings (SSSR count). The van der Waals surface area contributed by atoms with Gasteiger partial charge in [0.25, 0.3) is 0 Å². The van der Waals surface area contributed by atoms with Crippen LogP contribution >= 0.6 is 0 Å². The number of benzene rings is 3. The van der Waals surface area contributed by atoms with Crippen molar-refractivity contribution in [2.24, 2.45) is 17.6 Å². The lowest BCUT2D eigenvalue weighted by Crippen LogP contribution is -2.53. The Labute approximate surface area is 262 Å². The Hall–Kier alpha value is -3.86. The Morgan fingerprint density at radius 3 is 2.47 bits per heavy atom. The largest absolute Gasteiger partial charge is 0.397 e. The minimum Gasteiger partial charge on any atom is -0.397 e. The molecular formula is C35H41F3N4O3. The third-order valence-electron chi connectivity index (χ3n) is 8.73. The first-order valence-corrected chi connectivity index (χ1v) is 15.5. The van der Waals surface area contributed by atoms with Crippen LogP contribution in [0.15, 0.2) is 85.1 Å². The molecule has 0 aliphatic carbocycles. The molecule has 3 aromatic rings. The lowest BCUT2D eigenvalue weighted by Gasteiger charge is -2.41. The standard InChI is InChI=1S/C35H41F3N4O3/c1-24(41(20-25-8-4-2-5-9-25)23-33(39)30-18-29(36)12-13-31(30)37)34(26-14-16-44-17-15-26)40-19-28-21-42(22-32(28)38)45-35(43)27-10-6-3-7-11-27/h2-13,18,23-24,26,28,32,34,40H,14-17,19-22,39H2,1H3/b33-23-/t24?,28-,32+,34?/m1/s1. The Bertz CT molecular complexity index is 1420. The van der Waals surface area contributed by atoms with Crippen LogP contribution in [0, 0.1) is 23.5 Å². The summed E-state index contributed by atoms with van der Waals surface area (Å²) in [5, 5.41) is 5.06. The molecule has 45 heavy (non-hydrogen) atoms. The molecule has 2 aliphatic rings. The van der Waals surface area contributed by atoms with E-state index in [9.17, 15) is 13.6 Å². The lowest BCUT2D eigenvalue weighted by molar-refractivity contribution is -0.0973. The fourth-order valence-corrected chi connectivity index (χ4v) is 6.17. The summed E-state index contributed by atoms with van der Waals surface area (Å²) in [6, 6.07) is 21.4. The summed E-state index contributed by atoms with van der Waals surface area (Å²) >= 11 is 0. The van der Waals surface area contributed by atoms with Crippen LogP contribution in [0.25, 0.3) is 5.70 Å². The van der Waals surface area contributed by atoms with Crippen molar-refractivity contribution in [3.8, 4) is 0 Å². The van der Waals surface area contributed by atoms with Gasteiger partial charge in [-0.15, -0.1) is 5.06 Å². The smallest absolute Gasteiger partial charge is 0.357 e. The highest BCUT2D eigenvalue weighted by Crippen LogP contribution is 2.28. The second-order valence-electron chi connectivity index (χ2n) is 11.9. The number of nitrogens with zero attached hydrogens (tertiary/aromatic N) is 2. The molecule has 10 heteroatoms. The minimum absolute atomic E-state index is 0.00100. The van der Waals surface area contributed by atoms with Crippen molar-refractivity contribution in [2.45, 2.75) is 44.6 Å². The van der Waals surface area contributed by atoms with Gasteiger partial charge in [-0.25, -0.2) is 18.0 Å². The number of hydroxylamine groups is 2. The van der Waals surface area contributed by atoms with Gasteiger partial charge in [-0.2, -0.15) is 0 Å². The number of carbonyl (C=O) groups is 1. The molecule has 7 nitrogen and oxygen atoms in total. The summed E-state index contributed by atoms with van der Waals surface area (Å²) in [5.41, 5.74) is 7.93. The molecule has 0 amide bonds. The summed E-state index contributed by atoms with van der Waals surface area (Å²) in [6.07, 6.45) is 2.15. The number of ether oxygens (including phenoxy) is 1. The number of nitrogens with one attached hydrogen (secondary N) is 1. The number of carbonyl (C=O) groups excluding carboxylic acids is 1. The summed E-state index contributed by atoms with van der Waals surface area (Å²) in [7, 11) is 0. The molecule has 0 spiro atoms. The van der Waals surface area contributed by atoms with Gasteiger partial charge in [0.05, 0.1) is 17.8 Å². The van der Waals surface area contributed by atoms with Crippen LogP contribution in [-0.4, -0.2) is 67.0 Å². The maximum atomic E-state index is 15.3. The van der Waals surface area contributed by atoms with E-state index < -0.39 is 29.7 Å². The number of alkyl halides is 1. The second kappa shape index (κ2) is 15.4. The average Bonchev–Trinajstić information content (AvgIpc) is 3.41. The molecule has 0 saturated carbocycles. The zero-order valence-corrected chi connectivity index (χ0v) is 25.5. The third kappa shape index (κ3) is 8.65. The monoisotopic (exact) mass is 622 g/mol. The predicted octanol–water partition coefficient (Wildman–Crippen LogP) is 5.54. The maximum Gasteiger partial charge on any atom is 0.357 e. The van der Waals surface area contributed by atoms with Crippen LogP contribution in [0.1, 0.15) is 41.3 Å². The summed E-state index contributed by atoms with van der Waals surface area (Å²) in [5.74, 6) is -1.87. The van der Waals surface area contributed by atoms with E-state index in [1.807, 2.05) is 41.3 Å². The van der Waals surface area contributed by atoms with E-state index in [0.717, 1.165) is 36.6 Å². The van der Waals surface area contributed by atoms with Crippen molar-refractivity contribution < 1.29 is 27.5 Å². The highest BCUT2D eigenvalue weighted by molar-refractivity contribution is 5.89. The third-order valence-corrected chi connectivity index (χ3v) is 8.73. The Kier molecular flexibility index (Phi) is 11.2. The van der Waals surface area contributed by atoms with Crippen molar-refractivity contribution >= 4 is 11.7 Å². The number of hydrogen-bond donors (Lipinski definition) is 2. The molecule has 0 aromatic heterocycles. The van der Waals surface area contributed by atoms with Gasteiger partial charge in [-0.05, 0) is 61.6 Å². The topological polar surface area (TPSA) is 80.1 Å². The zero-order valence-electron chi connectivity index (χ0n) is 25.5. The molecule has 2 saturated heterocycles. The van der Waals surface area contributed by atoms with Crippen LogP contribution < -0.4 is 11.1 Å². The van der Waals surface area contributed by atoms with Gasteiger partial charge in [0.2, 0.25) is 0 Å². The number of hydrogen-bond acceptors (Lipinski definition) is 7. The summed E-state index contributed by atoms with van der Waals surface area (Å²) in [6.45, 7) is 4.42. The van der Waals surface area contributed by atoms with Crippen LogP contribution in [0.4, 0.5) is 13.2 Å². The molecule has 4 atom stereocenters. The number of halogens is 3. The predicted molar refractivity (Wildman–Crippen MR) is 167 cm³/mol. The van der Waals surface area contributed by atoms with E-state index in [0.29, 0.717) is 31.9 Å². The van der Waals surface area contributed by atoms with Crippen LogP contribution in [0.5, 0.6) is 0 Å². The SMILES string of the molecule is CC(C(NC[C@@H]1CN(OC(=O)c2ccccc2)C[C@@H]1F)C1CCOCC1)N(/C=C(\N)c1cc(F)ccc1F)Cc1ccccc1. The molecule has 0 bridgehead atoms. The average molecular weight is 623 g/mol. The van der Waals surface area contributed by atoms with E-state index in [-0.39, 0.29) is 42.4 Å². The molecule has 2 fully saturated rings. The molecule has 3 N–H and O–H groups in total. The highest BCUT2D eigenvalue weighted by Gasteiger charge is 2.38. The van der Waals surface area contributed by atoms with Crippen molar-refractivity contribution in [2.75, 3.05) is 32.8 Å². The molecule has 240 valence electrons. The Balaban J connectivity index is 1.34. The molecule has 3 aromatic carbocycles. The summed E-state index contributed by atoms with van der Waals surface area (Å²) < 4.78 is 49.6. The fraction of sp³-hybridized carbons (Fsp3) is 0.400. The van der Waals surface area contributed by atoms with Gasteiger partial charge in [0, 0.05) is 62.6 Å². The zero-order chi connectivity index (χ0) is 31.8. The number of rotatable bonds is 12. The van der Waals surface area contributed by atoms with E-state index >= 15 is 4.39 Å². The van der Waals surface area contributed by atoms with Crippen molar-refractivity contribution in [1.82, 2.24) is 15.3 Å². The summed E-state index contributed by atoms with van der Waals surface area (Å²) in [4.78, 5) is 20.1. The van der Waals surface area contributed by atoms with E-state index in [1.54, 1.807) is 30.5 Å². The molecule has 2 unspecified atom stereocenters. The lowest BCUT2D eigenvalue weighted by atomic mass is 9.86. The first-order valence-electron chi connectivity index (χ1n) is 15.5. The van der Waals surface area contributed by atoms with Crippen molar-refractivity contribution in [3.05, 3.63) is 113 Å². The van der Waals surface area contributed by atoms with Gasteiger partial charge in [0.15, 0.2) is 0 Å². The fourth-order valence-electron chi connectivity index (χ4n) is 6.17. The molecular weight excluding hydrogens is 581 g/mol. The van der Waals surface area contributed by atoms with Crippen LogP contribution in [0.2, 0.25) is 0 Å². The van der Waals surface area contributed by atoms with Gasteiger partial charge in [0.1, 0.15) is 17.8 Å². The minimum atomic E-state index is -1.18. The first-order chi connectivity index (χ1) is 21.8. The van der Waals surface area contributed by atoms with Crippen molar-refractivity contribution in [3.63, 3.8) is 0 Å². The van der Waals surface area contributed by atoms with Gasteiger partial charge >= 0.3 is 5.97 Å². The van der Waals surface area contributed by atoms with Gasteiger partial charge in [-0.1, -0.05) is 48.5 Å². The Morgan fingerprint density at radius 1 is 1.07 bits per heavy atom. The first kappa shape index (κ1) is 32.5. The second-order valence-corrected chi connectivity index (χ2v) is 11.9. The van der Waals surface area contributed by atoms with Crippen LogP contribution in [-0.2, 0) is 16.1 Å². The van der Waals surface area contributed by atoms with Gasteiger partial charge < -0.3 is 25.5 Å². The molecule has 2 heterocycles. The van der Waals surface area contributed by atoms with Crippen LogP contribution in [0.3, 0.4) is 0 Å². The van der Waals surface area contributed by atoms with E-state index in [2.05, 4.69) is 12.2 Å². The number of nitrogens with two attached hydrogens (primary N) is 1. The van der Waals surface area contributed by atoms with Crippen molar-refractivity contribution in [1.29, 1.82) is 0 Å². The molecule has 0 radical (unpaired) electrons. The quantitative estimate of drug-likeness (QED) is 0.275. The highest BCUT2D eigenvalue weighted by atomic mass is 19.1. The van der Waals surface area contributed by atoms with Gasteiger partial charge in [-0.3, -0.25) is 0 Å². The Morgan fingerprint density at radius 2 is 1.76 bits per heavy atom. The van der Waals surface area contributed by atoms with E-state index in [4.69, 9.17) is 15.3 Å².